The fourth-order valence-corrected chi connectivity index (χ4v) is 5.04. The fourth-order valence-electron chi connectivity index (χ4n) is 3.47. The van der Waals surface area contributed by atoms with Crippen LogP contribution in [0.5, 0.6) is 0 Å². The molecule has 0 atom stereocenters. The van der Waals surface area contributed by atoms with Crippen molar-refractivity contribution in [2.75, 3.05) is 45.9 Å². The molecule has 32 heavy (non-hydrogen) atoms. The molecule has 1 saturated carbocycles. The minimum atomic E-state index is -3.62. The van der Waals surface area contributed by atoms with Gasteiger partial charge in [-0.05, 0) is 30.5 Å². The first-order valence-corrected chi connectivity index (χ1v) is 12.6. The maximum Gasteiger partial charge on any atom is 0.182 e. The number of hydrogen-bond acceptors (Lipinski definition) is 8. The number of methoxy groups -OCH3 is 1. The third-order valence-corrected chi connectivity index (χ3v) is 7.48. The molecule has 0 N–H and O–H groups in total. The number of sulfone groups is 1. The van der Waals surface area contributed by atoms with E-state index in [1.54, 1.807) is 7.11 Å². The van der Waals surface area contributed by atoms with E-state index in [9.17, 15) is 22.8 Å². The molecular weight excluding hydrogens is 460 g/mol. The summed E-state index contributed by atoms with van der Waals surface area (Å²) in [5.74, 6) is -3.05. The maximum absolute atomic E-state index is 13.0. The van der Waals surface area contributed by atoms with Gasteiger partial charge in [0.25, 0.3) is 0 Å². The highest BCUT2D eigenvalue weighted by Gasteiger charge is 2.38. The number of halogens is 1. The van der Waals surface area contributed by atoms with Gasteiger partial charge in [-0.25, -0.2) is 8.42 Å². The van der Waals surface area contributed by atoms with Crippen LogP contribution in [0.4, 0.5) is 0 Å². The SMILES string of the molecule is CCS(=O)(=O)c1ccc(C(=O)C2C(=O)CCCC2=O)c(Cl)c1CCOCCOCCOC. The zero-order valence-corrected chi connectivity index (χ0v) is 19.9. The first-order chi connectivity index (χ1) is 15.2. The molecule has 178 valence electrons. The Kier molecular flexibility index (Phi) is 10.4. The molecule has 1 aromatic carbocycles. The van der Waals surface area contributed by atoms with Gasteiger partial charge >= 0.3 is 0 Å². The van der Waals surface area contributed by atoms with Crippen molar-refractivity contribution in [1.29, 1.82) is 0 Å². The second-order valence-electron chi connectivity index (χ2n) is 7.36. The lowest BCUT2D eigenvalue weighted by Crippen LogP contribution is -2.35. The van der Waals surface area contributed by atoms with Crippen molar-refractivity contribution in [3.05, 3.63) is 28.3 Å². The molecule has 10 heteroatoms. The van der Waals surface area contributed by atoms with Gasteiger partial charge in [0.1, 0.15) is 5.92 Å². The highest BCUT2D eigenvalue weighted by molar-refractivity contribution is 7.91. The van der Waals surface area contributed by atoms with Gasteiger partial charge in [-0.2, -0.15) is 0 Å². The molecule has 1 fully saturated rings. The van der Waals surface area contributed by atoms with Crippen LogP contribution in [0.15, 0.2) is 17.0 Å². The topological polar surface area (TPSA) is 113 Å². The van der Waals surface area contributed by atoms with Gasteiger partial charge in [-0.1, -0.05) is 18.5 Å². The lowest BCUT2D eigenvalue weighted by atomic mass is 9.81. The van der Waals surface area contributed by atoms with Crippen molar-refractivity contribution in [1.82, 2.24) is 0 Å². The van der Waals surface area contributed by atoms with E-state index in [1.807, 2.05) is 0 Å². The van der Waals surface area contributed by atoms with Crippen molar-refractivity contribution in [3.63, 3.8) is 0 Å². The quantitative estimate of drug-likeness (QED) is 0.236. The van der Waals surface area contributed by atoms with Crippen LogP contribution in [0.25, 0.3) is 0 Å². The van der Waals surface area contributed by atoms with Crippen LogP contribution in [-0.4, -0.2) is 71.7 Å². The molecule has 0 amide bonds. The normalized spacial score (nSPS) is 15.3. The van der Waals surface area contributed by atoms with E-state index < -0.39 is 33.1 Å². The molecule has 0 saturated heterocycles. The molecule has 0 bridgehead atoms. The minimum absolute atomic E-state index is 0.0165. The predicted octanol–water partition coefficient (Wildman–Crippen LogP) is 2.48. The van der Waals surface area contributed by atoms with Crippen LogP contribution in [0.3, 0.4) is 0 Å². The zero-order valence-electron chi connectivity index (χ0n) is 18.4. The number of benzene rings is 1. The van der Waals surface area contributed by atoms with Gasteiger partial charge in [0.05, 0.1) is 48.7 Å². The molecule has 2 rings (SSSR count). The van der Waals surface area contributed by atoms with Crippen LogP contribution < -0.4 is 0 Å². The molecule has 0 spiro atoms. The summed E-state index contributed by atoms with van der Waals surface area (Å²) in [6.07, 6.45) is 0.893. The Balaban J connectivity index is 2.23. The zero-order chi connectivity index (χ0) is 23.7. The summed E-state index contributed by atoms with van der Waals surface area (Å²) in [4.78, 5) is 37.4. The van der Waals surface area contributed by atoms with Crippen LogP contribution in [0.2, 0.25) is 5.02 Å². The number of ketones is 3. The Labute approximate surface area is 193 Å². The Morgan fingerprint density at radius 1 is 1.03 bits per heavy atom. The third kappa shape index (κ3) is 6.68. The summed E-state index contributed by atoms with van der Waals surface area (Å²) in [7, 11) is -2.05. The van der Waals surface area contributed by atoms with Gasteiger partial charge in [0, 0.05) is 25.5 Å². The first kappa shape index (κ1) is 26.6. The predicted molar refractivity (Wildman–Crippen MR) is 118 cm³/mol. The smallest absolute Gasteiger partial charge is 0.182 e. The van der Waals surface area contributed by atoms with Crippen LogP contribution in [-0.2, 0) is 40.1 Å². The van der Waals surface area contributed by atoms with Gasteiger partial charge in [0.15, 0.2) is 27.2 Å². The number of ether oxygens (including phenoxy) is 3. The average molecular weight is 489 g/mol. The molecule has 1 aromatic rings. The summed E-state index contributed by atoms with van der Waals surface area (Å²) in [5.41, 5.74) is 0.226. The molecule has 1 aliphatic rings. The average Bonchev–Trinajstić information content (AvgIpc) is 2.76. The van der Waals surface area contributed by atoms with E-state index in [2.05, 4.69) is 0 Å². The summed E-state index contributed by atoms with van der Waals surface area (Å²) in [6.45, 7) is 3.22. The minimum Gasteiger partial charge on any atom is -0.382 e. The van der Waals surface area contributed by atoms with Crippen LogP contribution in [0, 0.1) is 5.92 Å². The second-order valence-corrected chi connectivity index (χ2v) is 9.98. The van der Waals surface area contributed by atoms with Crippen molar-refractivity contribution in [2.45, 2.75) is 37.5 Å². The van der Waals surface area contributed by atoms with E-state index in [0.29, 0.717) is 32.8 Å². The van der Waals surface area contributed by atoms with Crippen LogP contribution in [0.1, 0.15) is 42.1 Å². The van der Waals surface area contributed by atoms with E-state index in [1.165, 1.54) is 19.1 Å². The van der Waals surface area contributed by atoms with E-state index in [0.717, 1.165) is 0 Å². The Morgan fingerprint density at radius 2 is 1.62 bits per heavy atom. The lowest BCUT2D eigenvalue weighted by Gasteiger charge is -2.20. The number of rotatable bonds is 13. The van der Waals surface area contributed by atoms with Gasteiger partial charge < -0.3 is 14.2 Å². The Hall–Kier alpha value is -1.65. The molecule has 0 aliphatic heterocycles. The second kappa shape index (κ2) is 12.6. The Bertz CT molecular complexity index is 925. The molecule has 1 aliphatic carbocycles. The molecule has 0 unspecified atom stereocenters. The lowest BCUT2D eigenvalue weighted by molar-refractivity contribution is -0.133. The third-order valence-electron chi connectivity index (χ3n) is 5.23. The molecular formula is C22H29ClO8S. The standard InChI is InChI=1S/C22H29ClO8S/c1-3-32(27,28)19-8-7-16(22(26)20-17(24)5-4-6-18(20)25)21(23)15(19)9-10-30-13-14-31-12-11-29-2/h7-8,20H,3-6,9-14H2,1-2H3. The number of hydrogen-bond donors (Lipinski definition) is 0. The van der Waals surface area contributed by atoms with Crippen molar-refractivity contribution in [2.24, 2.45) is 5.92 Å². The van der Waals surface area contributed by atoms with E-state index in [-0.39, 0.29) is 52.7 Å². The van der Waals surface area contributed by atoms with Crippen molar-refractivity contribution >= 4 is 38.8 Å². The van der Waals surface area contributed by atoms with E-state index in [4.69, 9.17) is 25.8 Å². The van der Waals surface area contributed by atoms with E-state index >= 15 is 0 Å². The van der Waals surface area contributed by atoms with Gasteiger partial charge in [0.2, 0.25) is 0 Å². The maximum atomic E-state index is 13.0. The summed E-state index contributed by atoms with van der Waals surface area (Å²) in [5, 5.41) is -0.0596. The van der Waals surface area contributed by atoms with Crippen molar-refractivity contribution in [3.8, 4) is 0 Å². The van der Waals surface area contributed by atoms with Crippen molar-refractivity contribution < 1.29 is 37.0 Å². The first-order valence-electron chi connectivity index (χ1n) is 10.5. The highest BCUT2D eigenvalue weighted by Crippen LogP contribution is 2.32. The van der Waals surface area contributed by atoms with Crippen LogP contribution >= 0.6 is 11.6 Å². The fraction of sp³-hybridized carbons (Fsp3) is 0.591. The number of Topliss-reactive ketones (excluding diaryl/α,β-unsaturated/α-hetero) is 3. The number of carbonyl (C=O) groups excluding carboxylic acids is 3. The summed E-state index contributed by atoms with van der Waals surface area (Å²) >= 11 is 6.48. The highest BCUT2D eigenvalue weighted by atomic mass is 35.5. The van der Waals surface area contributed by atoms with Gasteiger partial charge in [-0.3, -0.25) is 14.4 Å². The molecule has 8 nitrogen and oxygen atoms in total. The molecule has 0 heterocycles. The Morgan fingerprint density at radius 3 is 2.22 bits per heavy atom. The summed E-state index contributed by atoms with van der Waals surface area (Å²) in [6, 6.07) is 2.61. The van der Waals surface area contributed by atoms with Gasteiger partial charge in [-0.15, -0.1) is 0 Å². The monoisotopic (exact) mass is 488 g/mol. The molecule has 0 radical (unpaired) electrons. The molecule has 0 aromatic heterocycles. The summed E-state index contributed by atoms with van der Waals surface area (Å²) < 4.78 is 40.8. The number of carbonyl (C=O) groups is 3. The largest absolute Gasteiger partial charge is 0.382 e.